The van der Waals surface area contributed by atoms with Crippen LogP contribution in [-0.2, 0) is 11.2 Å². The van der Waals surface area contributed by atoms with Crippen molar-refractivity contribution in [2.75, 3.05) is 0 Å². The molecule has 0 bridgehead atoms. The predicted octanol–water partition coefficient (Wildman–Crippen LogP) is 3.14. The maximum Gasteiger partial charge on any atom is 0.311 e. The number of hydrogen-bond acceptors (Lipinski definition) is 3. The first-order valence-electron chi connectivity index (χ1n) is 6.19. The van der Waals surface area contributed by atoms with Crippen LogP contribution in [0.25, 0.3) is 0 Å². The van der Waals surface area contributed by atoms with Gasteiger partial charge >= 0.3 is 5.97 Å². The van der Waals surface area contributed by atoms with Gasteiger partial charge in [-0.1, -0.05) is 30.3 Å². The normalized spacial score (nSPS) is 11.9. The van der Waals surface area contributed by atoms with Gasteiger partial charge in [-0.15, -0.1) is 0 Å². The standard InChI is InChI=1S/C15H12FNO4/c16-12-7-5-10(6-8-12)13(15(18)19)9-11-3-1-2-4-14(11)17(20)21/h1-8,13H,9H2,(H,18,19). The highest BCUT2D eigenvalue weighted by Crippen LogP contribution is 2.27. The van der Waals surface area contributed by atoms with Gasteiger partial charge in [-0.05, 0) is 24.1 Å². The molecule has 5 nitrogen and oxygen atoms in total. The number of carboxylic acids is 1. The van der Waals surface area contributed by atoms with E-state index in [1.807, 2.05) is 0 Å². The molecule has 0 aliphatic carbocycles. The lowest BCUT2D eigenvalue weighted by atomic mass is 9.91. The van der Waals surface area contributed by atoms with Crippen LogP contribution in [0.1, 0.15) is 17.0 Å². The topological polar surface area (TPSA) is 80.4 Å². The second kappa shape index (κ2) is 6.13. The highest BCUT2D eigenvalue weighted by atomic mass is 19.1. The lowest BCUT2D eigenvalue weighted by Crippen LogP contribution is -2.15. The van der Waals surface area contributed by atoms with Crippen molar-refractivity contribution in [3.05, 3.63) is 75.6 Å². The number of benzene rings is 2. The van der Waals surface area contributed by atoms with Crippen LogP contribution in [0.3, 0.4) is 0 Å². The zero-order valence-electron chi connectivity index (χ0n) is 10.9. The quantitative estimate of drug-likeness (QED) is 0.677. The zero-order valence-corrected chi connectivity index (χ0v) is 10.9. The van der Waals surface area contributed by atoms with E-state index >= 15 is 0 Å². The van der Waals surface area contributed by atoms with E-state index < -0.39 is 22.6 Å². The molecule has 2 aromatic carbocycles. The molecule has 0 saturated carbocycles. The summed E-state index contributed by atoms with van der Waals surface area (Å²) in [6, 6.07) is 11.1. The minimum Gasteiger partial charge on any atom is -0.481 e. The van der Waals surface area contributed by atoms with Gasteiger partial charge in [0.2, 0.25) is 0 Å². The Balaban J connectivity index is 2.35. The Kier molecular flexibility index (Phi) is 4.27. The number of hydrogen-bond donors (Lipinski definition) is 1. The summed E-state index contributed by atoms with van der Waals surface area (Å²) in [7, 11) is 0. The van der Waals surface area contributed by atoms with Crippen molar-refractivity contribution < 1.29 is 19.2 Å². The maximum atomic E-state index is 12.9. The number of carbonyl (C=O) groups is 1. The van der Waals surface area contributed by atoms with Gasteiger partial charge in [0.1, 0.15) is 5.82 Å². The summed E-state index contributed by atoms with van der Waals surface area (Å²) in [5.41, 5.74) is 0.618. The number of nitrogens with zero attached hydrogens (tertiary/aromatic N) is 1. The van der Waals surface area contributed by atoms with Crippen molar-refractivity contribution in [3.63, 3.8) is 0 Å². The summed E-state index contributed by atoms with van der Waals surface area (Å²) < 4.78 is 12.9. The average molecular weight is 289 g/mol. The second-order valence-electron chi connectivity index (χ2n) is 4.53. The molecule has 2 aromatic rings. The number of halogens is 1. The summed E-state index contributed by atoms with van der Waals surface area (Å²) in [5, 5.41) is 20.3. The molecule has 1 atom stereocenters. The molecule has 0 spiro atoms. The van der Waals surface area contributed by atoms with Crippen LogP contribution in [0.4, 0.5) is 10.1 Å². The third-order valence-electron chi connectivity index (χ3n) is 3.18. The molecule has 1 N–H and O–H groups in total. The summed E-state index contributed by atoms with van der Waals surface area (Å²) in [6.45, 7) is 0. The number of rotatable bonds is 5. The monoisotopic (exact) mass is 289 g/mol. The molecule has 0 aliphatic heterocycles. The molecule has 0 fully saturated rings. The number of para-hydroxylation sites is 1. The van der Waals surface area contributed by atoms with E-state index in [-0.39, 0.29) is 12.1 Å². The largest absolute Gasteiger partial charge is 0.481 e. The smallest absolute Gasteiger partial charge is 0.311 e. The van der Waals surface area contributed by atoms with Gasteiger partial charge in [-0.3, -0.25) is 14.9 Å². The molecule has 1 unspecified atom stereocenters. The molecule has 21 heavy (non-hydrogen) atoms. The van der Waals surface area contributed by atoms with E-state index in [0.29, 0.717) is 11.1 Å². The SMILES string of the molecule is O=C(O)C(Cc1ccccc1[N+](=O)[O-])c1ccc(F)cc1. The van der Waals surface area contributed by atoms with Crippen molar-refractivity contribution in [3.8, 4) is 0 Å². The predicted molar refractivity (Wildman–Crippen MR) is 73.6 cm³/mol. The fourth-order valence-corrected chi connectivity index (χ4v) is 2.12. The lowest BCUT2D eigenvalue weighted by Gasteiger charge is -2.13. The van der Waals surface area contributed by atoms with Crippen molar-refractivity contribution in [2.45, 2.75) is 12.3 Å². The van der Waals surface area contributed by atoms with Gasteiger partial charge in [0.15, 0.2) is 0 Å². The third kappa shape index (κ3) is 3.42. The van der Waals surface area contributed by atoms with Crippen molar-refractivity contribution >= 4 is 11.7 Å². The Morgan fingerprint density at radius 2 is 1.81 bits per heavy atom. The van der Waals surface area contributed by atoms with E-state index in [0.717, 1.165) is 0 Å². The molecule has 2 rings (SSSR count). The minimum absolute atomic E-state index is 0.0296. The molecule has 0 aromatic heterocycles. The molecule has 0 amide bonds. The van der Waals surface area contributed by atoms with E-state index in [1.54, 1.807) is 6.07 Å². The third-order valence-corrected chi connectivity index (χ3v) is 3.18. The zero-order chi connectivity index (χ0) is 15.4. The highest BCUT2D eigenvalue weighted by Gasteiger charge is 2.24. The van der Waals surface area contributed by atoms with Crippen LogP contribution in [0.15, 0.2) is 48.5 Å². The van der Waals surface area contributed by atoms with Crippen LogP contribution in [0.5, 0.6) is 0 Å². The fourth-order valence-electron chi connectivity index (χ4n) is 2.12. The minimum atomic E-state index is -1.11. The fraction of sp³-hybridized carbons (Fsp3) is 0.133. The van der Waals surface area contributed by atoms with E-state index in [4.69, 9.17) is 0 Å². The number of nitro groups is 1. The number of aliphatic carboxylic acids is 1. The average Bonchev–Trinajstić information content (AvgIpc) is 2.46. The number of nitro benzene ring substituents is 1. The van der Waals surface area contributed by atoms with Crippen LogP contribution >= 0.6 is 0 Å². The van der Waals surface area contributed by atoms with E-state index in [1.165, 1.54) is 42.5 Å². The van der Waals surface area contributed by atoms with E-state index in [9.17, 15) is 24.4 Å². The first-order chi connectivity index (χ1) is 9.99. The Morgan fingerprint density at radius 1 is 1.19 bits per heavy atom. The molecule has 6 heteroatoms. The van der Waals surface area contributed by atoms with Crippen LogP contribution < -0.4 is 0 Å². The summed E-state index contributed by atoms with van der Waals surface area (Å²) >= 11 is 0. The molecular weight excluding hydrogens is 277 g/mol. The van der Waals surface area contributed by atoms with Crippen molar-refractivity contribution in [1.82, 2.24) is 0 Å². The van der Waals surface area contributed by atoms with Gasteiger partial charge in [-0.25, -0.2) is 4.39 Å². The molecule has 0 radical (unpaired) electrons. The van der Waals surface area contributed by atoms with Gasteiger partial charge in [0.05, 0.1) is 10.8 Å². The highest BCUT2D eigenvalue weighted by molar-refractivity contribution is 5.76. The lowest BCUT2D eigenvalue weighted by molar-refractivity contribution is -0.385. The maximum absolute atomic E-state index is 12.9. The molecule has 108 valence electrons. The first-order valence-corrected chi connectivity index (χ1v) is 6.19. The first kappa shape index (κ1) is 14.6. The Labute approximate surface area is 119 Å². The Morgan fingerprint density at radius 3 is 2.38 bits per heavy atom. The van der Waals surface area contributed by atoms with E-state index in [2.05, 4.69) is 0 Å². The molecule has 0 saturated heterocycles. The summed E-state index contributed by atoms with van der Waals surface area (Å²) in [4.78, 5) is 21.8. The van der Waals surface area contributed by atoms with Crippen molar-refractivity contribution in [1.29, 1.82) is 0 Å². The van der Waals surface area contributed by atoms with Crippen LogP contribution in [0.2, 0.25) is 0 Å². The Bertz CT molecular complexity index is 670. The number of carboxylic acid groups (broad SMARTS) is 1. The summed E-state index contributed by atoms with van der Waals surface area (Å²) in [6.07, 6.45) is -0.0296. The Hall–Kier alpha value is -2.76. The van der Waals surface area contributed by atoms with Gasteiger partial charge < -0.3 is 5.11 Å². The second-order valence-corrected chi connectivity index (χ2v) is 4.53. The van der Waals surface area contributed by atoms with Gasteiger partial charge in [0.25, 0.3) is 5.69 Å². The van der Waals surface area contributed by atoms with Gasteiger partial charge in [-0.2, -0.15) is 0 Å². The van der Waals surface area contributed by atoms with Crippen LogP contribution in [0, 0.1) is 15.9 Å². The molecule has 0 heterocycles. The summed E-state index contributed by atoms with van der Waals surface area (Å²) in [5.74, 6) is -2.54. The molecule has 0 aliphatic rings. The van der Waals surface area contributed by atoms with Gasteiger partial charge in [0, 0.05) is 11.6 Å². The van der Waals surface area contributed by atoms with Crippen molar-refractivity contribution in [2.24, 2.45) is 0 Å². The molecular formula is C15H12FNO4. The van der Waals surface area contributed by atoms with Crippen LogP contribution in [-0.4, -0.2) is 16.0 Å².